The molecule has 2 aromatic carbocycles. The number of amides is 2. The van der Waals surface area contributed by atoms with E-state index in [1.54, 1.807) is 29.2 Å². The van der Waals surface area contributed by atoms with Crippen LogP contribution in [0.2, 0.25) is 20.1 Å². The van der Waals surface area contributed by atoms with E-state index in [1.807, 2.05) is 0 Å². The fraction of sp³-hybridized carbons (Fsp3) is 0.263. The van der Waals surface area contributed by atoms with Gasteiger partial charge in [0, 0.05) is 19.0 Å². The molecular weight excluding hydrogens is 430 g/mol. The average molecular weight is 446 g/mol. The van der Waals surface area contributed by atoms with E-state index < -0.39 is 0 Å². The molecule has 0 saturated carbocycles. The summed E-state index contributed by atoms with van der Waals surface area (Å²) in [6.07, 6.45) is 1.11. The molecule has 2 aromatic rings. The number of carbonyl (C=O) groups is 2. The Morgan fingerprint density at radius 3 is 2.19 bits per heavy atom. The van der Waals surface area contributed by atoms with E-state index in [2.05, 4.69) is 5.32 Å². The molecule has 1 heterocycles. The molecule has 0 aliphatic carbocycles. The minimum absolute atomic E-state index is 0.119. The van der Waals surface area contributed by atoms with Crippen LogP contribution in [0.4, 0.5) is 5.69 Å². The van der Waals surface area contributed by atoms with Crippen LogP contribution in [0.25, 0.3) is 0 Å². The van der Waals surface area contributed by atoms with Crippen molar-refractivity contribution in [2.24, 2.45) is 5.92 Å². The van der Waals surface area contributed by atoms with Gasteiger partial charge >= 0.3 is 0 Å². The highest BCUT2D eigenvalue weighted by atomic mass is 35.5. The number of piperidine rings is 1. The fourth-order valence-electron chi connectivity index (χ4n) is 3.00. The Labute approximate surface area is 177 Å². The lowest BCUT2D eigenvalue weighted by Gasteiger charge is -2.31. The third kappa shape index (κ3) is 4.69. The summed E-state index contributed by atoms with van der Waals surface area (Å²) in [4.78, 5) is 26.9. The van der Waals surface area contributed by atoms with E-state index >= 15 is 0 Å². The SMILES string of the molecule is O=C(Nc1cc(Cl)c(Cl)cc1Cl)C1CCN(C(=O)c2ccccc2Cl)CC1. The largest absolute Gasteiger partial charge is 0.339 e. The lowest BCUT2D eigenvalue weighted by atomic mass is 9.95. The smallest absolute Gasteiger partial charge is 0.255 e. The maximum absolute atomic E-state index is 12.6. The van der Waals surface area contributed by atoms with Crippen LogP contribution in [0.3, 0.4) is 0 Å². The van der Waals surface area contributed by atoms with Crippen LogP contribution in [0.5, 0.6) is 0 Å². The van der Waals surface area contributed by atoms with Crippen molar-refractivity contribution in [2.45, 2.75) is 12.8 Å². The van der Waals surface area contributed by atoms with Gasteiger partial charge in [0.05, 0.1) is 31.3 Å². The predicted molar refractivity (Wildman–Crippen MR) is 110 cm³/mol. The van der Waals surface area contributed by atoms with E-state index in [-0.39, 0.29) is 17.7 Å². The lowest BCUT2D eigenvalue weighted by Crippen LogP contribution is -2.41. The molecule has 0 unspecified atom stereocenters. The first-order valence-corrected chi connectivity index (χ1v) is 9.87. The third-order valence-corrected chi connectivity index (χ3v) is 5.89. The first-order valence-electron chi connectivity index (χ1n) is 8.36. The fourth-order valence-corrected chi connectivity index (χ4v) is 3.81. The zero-order chi connectivity index (χ0) is 19.6. The molecule has 8 heteroatoms. The molecule has 3 rings (SSSR count). The Bertz CT molecular complexity index is 880. The Kier molecular flexibility index (Phi) is 6.53. The number of nitrogens with one attached hydrogen (secondary N) is 1. The standard InChI is InChI=1S/C19H16Cl4N2O2/c20-13-4-2-1-3-12(13)19(27)25-7-5-11(6-8-25)18(26)24-17-10-15(22)14(21)9-16(17)23/h1-4,9-11H,5-8H2,(H,24,26). The van der Waals surface area contributed by atoms with E-state index in [0.717, 1.165) is 0 Å². The van der Waals surface area contributed by atoms with E-state index in [0.29, 0.717) is 57.3 Å². The van der Waals surface area contributed by atoms with Gasteiger partial charge in [0.25, 0.3) is 5.91 Å². The number of benzene rings is 2. The Morgan fingerprint density at radius 2 is 1.52 bits per heavy atom. The van der Waals surface area contributed by atoms with Gasteiger partial charge in [-0.15, -0.1) is 0 Å². The molecule has 1 aliphatic heterocycles. The van der Waals surface area contributed by atoms with Gasteiger partial charge in [0.2, 0.25) is 5.91 Å². The van der Waals surface area contributed by atoms with Crippen LogP contribution >= 0.6 is 46.4 Å². The Balaban J connectivity index is 1.61. The van der Waals surface area contributed by atoms with Crippen molar-refractivity contribution in [3.05, 3.63) is 62.1 Å². The molecule has 1 fully saturated rings. The molecule has 4 nitrogen and oxygen atoms in total. The molecule has 0 spiro atoms. The van der Waals surface area contributed by atoms with Crippen molar-refractivity contribution in [1.82, 2.24) is 4.90 Å². The maximum Gasteiger partial charge on any atom is 0.255 e. The van der Waals surface area contributed by atoms with Crippen molar-refractivity contribution < 1.29 is 9.59 Å². The van der Waals surface area contributed by atoms with Gasteiger partial charge in [-0.3, -0.25) is 9.59 Å². The normalized spacial score (nSPS) is 14.9. The minimum atomic E-state index is -0.217. The number of anilines is 1. The maximum atomic E-state index is 12.6. The highest BCUT2D eigenvalue weighted by Gasteiger charge is 2.29. The van der Waals surface area contributed by atoms with E-state index in [4.69, 9.17) is 46.4 Å². The molecular formula is C19H16Cl4N2O2. The van der Waals surface area contributed by atoms with Gasteiger partial charge in [-0.1, -0.05) is 58.5 Å². The second-order valence-corrected chi connectivity index (χ2v) is 7.91. The predicted octanol–water partition coefficient (Wildman–Crippen LogP) is 5.79. The number of halogens is 4. The van der Waals surface area contributed by atoms with Crippen LogP contribution in [-0.4, -0.2) is 29.8 Å². The van der Waals surface area contributed by atoms with Gasteiger partial charge < -0.3 is 10.2 Å². The molecule has 0 aromatic heterocycles. The van der Waals surface area contributed by atoms with Gasteiger partial charge in [-0.2, -0.15) is 0 Å². The van der Waals surface area contributed by atoms with Crippen molar-refractivity contribution in [3.8, 4) is 0 Å². The number of carbonyl (C=O) groups excluding carboxylic acids is 2. The van der Waals surface area contributed by atoms with E-state index in [1.165, 1.54) is 12.1 Å². The summed E-state index contributed by atoms with van der Waals surface area (Å²) in [6, 6.07) is 9.97. The monoisotopic (exact) mass is 444 g/mol. The molecule has 1 aliphatic rings. The third-order valence-electron chi connectivity index (χ3n) is 4.53. The first-order chi connectivity index (χ1) is 12.9. The number of likely N-dealkylation sites (tertiary alicyclic amines) is 1. The van der Waals surface area contributed by atoms with Gasteiger partial charge in [0.1, 0.15) is 0 Å². The molecule has 1 saturated heterocycles. The van der Waals surface area contributed by atoms with Crippen LogP contribution in [0, 0.1) is 5.92 Å². The summed E-state index contributed by atoms with van der Waals surface area (Å²) < 4.78 is 0. The molecule has 142 valence electrons. The van der Waals surface area contributed by atoms with Crippen molar-refractivity contribution >= 4 is 63.9 Å². The van der Waals surface area contributed by atoms with Crippen LogP contribution in [-0.2, 0) is 4.79 Å². The molecule has 0 atom stereocenters. The summed E-state index contributed by atoms with van der Waals surface area (Å²) in [7, 11) is 0. The number of nitrogens with zero attached hydrogens (tertiary/aromatic N) is 1. The molecule has 27 heavy (non-hydrogen) atoms. The van der Waals surface area contributed by atoms with Gasteiger partial charge in [-0.25, -0.2) is 0 Å². The van der Waals surface area contributed by atoms with Crippen LogP contribution in [0.1, 0.15) is 23.2 Å². The summed E-state index contributed by atoms with van der Waals surface area (Å²) in [5, 5.41) is 4.19. The zero-order valence-electron chi connectivity index (χ0n) is 14.1. The molecule has 0 bridgehead atoms. The summed E-state index contributed by atoms with van der Waals surface area (Å²) in [5.74, 6) is -0.488. The topological polar surface area (TPSA) is 49.4 Å². The molecule has 1 N–H and O–H groups in total. The Morgan fingerprint density at radius 1 is 0.889 bits per heavy atom. The van der Waals surface area contributed by atoms with Crippen molar-refractivity contribution in [1.29, 1.82) is 0 Å². The molecule has 0 radical (unpaired) electrons. The summed E-state index contributed by atoms with van der Waals surface area (Å²) in [6.45, 7) is 0.967. The highest BCUT2D eigenvalue weighted by molar-refractivity contribution is 6.44. The number of hydrogen-bond donors (Lipinski definition) is 1. The Hall–Kier alpha value is -1.46. The van der Waals surface area contributed by atoms with Crippen molar-refractivity contribution in [3.63, 3.8) is 0 Å². The average Bonchev–Trinajstić information content (AvgIpc) is 2.66. The van der Waals surface area contributed by atoms with Crippen LogP contribution < -0.4 is 5.32 Å². The first kappa shape index (κ1) is 20.3. The number of rotatable bonds is 3. The number of hydrogen-bond acceptors (Lipinski definition) is 2. The van der Waals surface area contributed by atoms with Gasteiger partial charge in [0.15, 0.2) is 0 Å². The second kappa shape index (κ2) is 8.70. The van der Waals surface area contributed by atoms with Gasteiger partial charge in [-0.05, 0) is 37.1 Å². The van der Waals surface area contributed by atoms with Crippen molar-refractivity contribution in [2.75, 3.05) is 18.4 Å². The quantitative estimate of drug-likeness (QED) is 0.607. The van der Waals surface area contributed by atoms with Crippen LogP contribution in [0.15, 0.2) is 36.4 Å². The summed E-state index contributed by atoms with van der Waals surface area (Å²) >= 11 is 24.1. The summed E-state index contributed by atoms with van der Waals surface area (Å²) in [5.41, 5.74) is 0.898. The second-order valence-electron chi connectivity index (χ2n) is 6.28. The van der Waals surface area contributed by atoms with E-state index in [9.17, 15) is 9.59 Å². The highest BCUT2D eigenvalue weighted by Crippen LogP contribution is 2.33. The lowest BCUT2D eigenvalue weighted by molar-refractivity contribution is -0.121. The molecule has 2 amide bonds. The minimum Gasteiger partial charge on any atom is -0.339 e. The zero-order valence-corrected chi connectivity index (χ0v) is 17.2.